The highest BCUT2D eigenvalue weighted by molar-refractivity contribution is 4.70. The van der Waals surface area contributed by atoms with Crippen LogP contribution in [0, 0.1) is 5.92 Å². The molecule has 0 aromatic rings. The summed E-state index contributed by atoms with van der Waals surface area (Å²) < 4.78 is 0. The predicted octanol–water partition coefficient (Wildman–Crippen LogP) is -0.221. The maximum Gasteiger partial charge on any atom is 0.0769 e. The first-order chi connectivity index (χ1) is 4.33. The van der Waals surface area contributed by atoms with E-state index in [0.29, 0.717) is 5.92 Å². The molecule has 1 aliphatic rings. The fourth-order valence-corrected chi connectivity index (χ4v) is 1.52. The van der Waals surface area contributed by atoms with Crippen molar-refractivity contribution in [3.05, 3.63) is 0 Å². The van der Waals surface area contributed by atoms with Gasteiger partial charge in [0.2, 0.25) is 0 Å². The third-order valence-corrected chi connectivity index (χ3v) is 2.16. The van der Waals surface area contributed by atoms with Crippen LogP contribution in [0.5, 0.6) is 0 Å². The summed E-state index contributed by atoms with van der Waals surface area (Å²) in [4.78, 5) is 0. The number of rotatable bonds is 1. The fraction of sp³-hybridized carbons (Fsp3) is 1.00. The van der Waals surface area contributed by atoms with Gasteiger partial charge in [-0.05, 0) is 19.3 Å². The normalized spacial score (nSPS) is 36.7. The molecule has 1 saturated carbocycles. The van der Waals surface area contributed by atoms with Crippen molar-refractivity contribution < 1.29 is 10.8 Å². The molecule has 4 N–H and O–H groups in total. The number of aliphatic hydroxyl groups excluding tert-OH is 1. The minimum atomic E-state index is -0.0227. The number of hydrogen-bond donors (Lipinski definition) is 2. The van der Waals surface area contributed by atoms with Gasteiger partial charge in [0.15, 0.2) is 0 Å². The molecule has 1 fully saturated rings. The molecule has 0 radical (unpaired) electrons. The van der Waals surface area contributed by atoms with Gasteiger partial charge in [0.25, 0.3) is 0 Å². The molecule has 1 aliphatic carbocycles. The van der Waals surface area contributed by atoms with Crippen LogP contribution in [-0.2, 0) is 0 Å². The second kappa shape index (κ2) is 3.18. The van der Waals surface area contributed by atoms with Crippen LogP contribution in [0.3, 0.4) is 0 Å². The molecule has 0 amide bonds. The van der Waals surface area contributed by atoms with Gasteiger partial charge in [0, 0.05) is 5.92 Å². The lowest BCUT2D eigenvalue weighted by molar-refractivity contribution is -0.381. The van der Waals surface area contributed by atoms with Crippen LogP contribution in [0.1, 0.15) is 25.7 Å². The Balaban J connectivity index is 2.23. The molecule has 9 heavy (non-hydrogen) atoms. The van der Waals surface area contributed by atoms with Gasteiger partial charge in [-0.1, -0.05) is 6.42 Å². The average Bonchev–Trinajstić information content (AvgIpc) is 1.88. The van der Waals surface area contributed by atoms with Gasteiger partial charge in [-0.3, -0.25) is 0 Å². The lowest BCUT2D eigenvalue weighted by Gasteiger charge is -2.22. The van der Waals surface area contributed by atoms with E-state index in [4.69, 9.17) is 0 Å². The topological polar surface area (TPSA) is 47.9 Å². The van der Waals surface area contributed by atoms with Crippen molar-refractivity contribution in [2.24, 2.45) is 5.92 Å². The minimum Gasteiger partial charge on any atom is -0.393 e. The van der Waals surface area contributed by atoms with Gasteiger partial charge in [-0.15, -0.1) is 0 Å². The number of quaternary nitrogens is 1. The highest BCUT2D eigenvalue weighted by Crippen LogP contribution is 2.22. The molecule has 0 heterocycles. The van der Waals surface area contributed by atoms with E-state index in [1.54, 1.807) is 0 Å². The van der Waals surface area contributed by atoms with Gasteiger partial charge in [0.1, 0.15) is 0 Å². The Bertz CT molecular complexity index is 85.0. The zero-order valence-electron chi connectivity index (χ0n) is 5.84. The SMILES string of the molecule is [NH3+]C[C@@H]1CCC[C@@H](O)C1. The van der Waals surface area contributed by atoms with Crippen LogP contribution >= 0.6 is 0 Å². The highest BCUT2D eigenvalue weighted by Gasteiger charge is 2.19. The fourth-order valence-electron chi connectivity index (χ4n) is 1.52. The van der Waals surface area contributed by atoms with E-state index in [-0.39, 0.29) is 6.10 Å². The molecule has 54 valence electrons. The molecule has 2 atom stereocenters. The Hall–Kier alpha value is -0.0800. The first kappa shape index (κ1) is 7.03. The van der Waals surface area contributed by atoms with Crippen LogP contribution < -0.4 is 5.73 Å². The van der Waals surface area contributed by atoms with Gasteiger partial charge < -0.3 is 10.8 Å². The Morgan fingerprint density at radius 2 is 2.22 bits per heavy atom. The van der Waals surface area contributed by atoms with E-state index < -0.39 is 0 Å². The van der Waals surface area contributed by atoms with E-state index in [0.717, 1.165) is 19.4 Å². The summed E-state index contributed by atoms with van der Waals surface area (Å²) in [5.41, 5.74) is 3.83. The number of aliphatic hydroxyl groups is 1. The van der Waals surface area contributed by atoms with Crippen molar-refractivity contribution in [1.82, 2.24) is 0 Å². The molecule has 1 rings (SSSR count). The van der Waals surface area contributed by atoms with Crippen molar-refractivity contribution in [1.29, 1.82) is 0 Å². The monoisotopic (exact) mass is 130 g/mol. The van der Waals surface area contributed by atoms with Gasteiger partial charge in [-0.25, -0.2) is 0 Å². The summed E-state index contributed by atoms with van der Waals surface area (Å²) in [5.74, 6) is 0.703. The zero-order valence-corrected chi connectivity index (χ0v) is 5.84. The number of hydrogen-bond acceptors (Lipinski definition) is 1. The van der Waals surface area contributed by atoms with Crippen molar-refractivity contribution in [3.8, 4) is 0 Å². The van der Waals surface area contributed by atoms with Crippen LogP contribution in [0.2, 0.25) is 0 Å². The quantitative estimate of drug-likeness (QED) is 0.506. The Kier molecular flexibility index (Phi) is 2.49. The maximum atomic E-state index is 9.18. The summed E-state index contributed by atoms with van der Waals surface area (Å²) in [6.07, 6.45) is 4.45. The molecule has 0 aromatic carbocycles. The lowest BCUT2D eigenvalue weighted by atomic mass is 9.87. The summed E-state index contributed by atoms with van der Waals surface area (Å²) in [7, 11) is 0. The lowest BCUT2D eigenvalue weighted by Crippen LogP contribution is -2.54. The van der Waals surface area contributed by atoms with Crippen molar-refractivity contribution in [2.75, 3.05) is 6.54 Å². The largest absolute Gasteiger partial charge is 0.393 e. The highest BCUT2D eigenvalue weighted by atomic mass is 16.3. The third kappa shape index (κ3) is 1.95. The van der Waals surface area contributed by atoms with Gasteiger partial charge in [-0.2, -0.15) is 0 Å². The molecule has 0 spiro atoms. The van der Waals surface area contributed by atoms with Crippen molar-refractivity contribution >= 4 is 0 Å². The smallest absolute Gasteiger partial charge is 0.0769 e. The van der Waals surface area contributed by atoms with Crippen molar-refractivity contribution in [2.45, 2.75) is 31.8 Å². The summed E-state index contributed by atoms with van der Waals surface area (Å²) in [6, 6.07) is 0. The van der Waals surface area contributed by atoms with Crippen LogP contribution in [-0.4, -0.2) is 17.8 Å². The molecule has 0 unspecified atom stereocenters. The Morgan fingerprint density at radius 1 is 1.44 bits per heavy atom. The zero-order chi connectivity index (χ0) is 6.69. The summed E-state index contributed by atoms with van der Waals surface area (Å²) in [6.45, 7) is 0.997. The van der Waals surface area contributed by atoms with Crippen LogP contribution in [0.4, 0.5) is 0 Å². The van der Waals surface area contributed by atoms with Crippen molar-refractivity contribution in [3.63, 3.8) is 0 Å². The van der Waals surface area contributed by atoms with E-state index >= 15 is 0 Å². The van der Waals surface area contributed by atoms with Crippen LogP contribution in [0.25, 0.3) is 0 Å². The Labute approximate surface area is 56.1 Å². The molecular weight excluding hydrogens is 114 g/mol. The molecule has 2 heteroatoms. The van der Waals surface area contributed by atoms with Gasteiger partial charge in [0.05, 0.1) is 12.6 Å². The molecular formula is C7H16NO+. The minimum absolute atomic E-state index is 0.0227. The Morgan fingerprint density at radius 3 is 2.67 bits per heavy atom. The van der Waals surface area contributed by atoms with E-state index in [1.807, 2.05) is 0 Å². The molecule has 0 aromatic heterocycles. The summed E-state index contributed by atoms with van der Waals surface area (Å²) in [5, 5.41) is 9.18. The molecule has 0 saturated heterocycles. The summed E-state index contributed by atoms with van der Waals surface area (Å²) >= 11 is 0. The maximum absolute atomic E-state index is 9.18. The third-order valence-electron chi connectivity index (χ3n) is 2.16. The van der Waals surface area contributed by atoms with E-state index in [2.05, 4.69) is 5.73 Å². The van der Waals surface area contributed by atoms with E-state index in [9.17, 15) is 5.11 Å². The predicted molar refractivity (Wildman–Crippen MR) is 35.7 cm³/mol. The second-order valence-electron chi connectivity index (χ2n) is 2.98. The molecule has 2 nitrogen and oxygen atoms in total. The molecule has 0 bridgehead atoms. The van der Waals surface area contributed by atoms with E-state index in [1.165, 1.54) is 12.8 Å². The first-order valence-electron chi connectivity index (χ1n) is 3.80. The second-order valence-corrected chi connectivity index (χ2v) is 2.98. The van der Waals surface area contributed by atoms with Crippen LogP contribution in [0.15, 0.2) is 0 Å². The standard InChI is InChI=1S/C7H15NO/c8-5-6-2-1-3-7(9)4-6/h6-7,9H,1-5,8H2/p+1/t6-,7-/m1/s1. The van der Waals surface area contributed by atoms with Gasteiger partial charge >= 0.3 is 0 Å². The first-order valence-corrected chi connectivity index (χ1v) is 3.80. The average molecular weight is 130 g/mol. The molecule has 0 aliphatic heterocycles.